The van der Waals surface area contributed by atoms with Crippen LogP contribution in [0.25, 0.3) is 0 Å². The van der Waals surface area contributed by atoms with Crippen LogP contribution >= 0.6 is 0 Å². The summed E-state index contributed by atoms with van der Waals surface area (Å²) in [6.45, 7) is 7.44. The fourth-order valence-electron chi connectivity index (χ4n) is 7.53. The van der Waals surface area contributed by atoms with E-state index in [1.807, 2.05) is 0 Å². The third-order valence-corrected chi connectivity index (χ3v) is 11.8. The predicted octanol–water partition coefficient (Wildman–Crippen LogP) is 20.5. The van der Waals surface area contributed by atoms with E-state index in [1.165, 1.54) is 64.2 Å². The van der Waals surface area contributed by atoms with Gasteiger partial charge in [0.25, 0.3) is 0 Å². The van der Waals surface area contributed by atoms with Gasteiger partial charge in [-0.2, -0.15) is 0 Å². The minimum absolute atomic E-state index is 0.0448. The molecule has 0 rings (SSSR count). The van der Waals surface area contributed by atoms with Crippen molar-refractivity contribution in [1.29, 1.82) is 0 Å². The van der Waals surface area contributed by atoms with E-state index in [0.717, 1.165) is 141 Å². The number of hydrogen-bond acceptors (Lipinski definition) is 5. The number of allylic oxidation sites excluding steroid dienone is 24. The minimum atomic E-state index is -0.585. The fraction of sp³-hybridized carbons (Fsp3) is 0.612. The number of carbonyl (C=O) groups excluding carboxylic acids is 2. The Morgan fingerprint density at radius 2 is 0.625 bits per heavy atom. The first kappa shape index (κ1) is 67.8. The predicted molar refractivity (Wildman–Crippen MR) is 315 cm³/mol. The molecule has 0 aliphatic heterocycles. The summed E-state index contributed by atoms with van der Waals surface area (Å²) in [6.07, 6.45) is 88.7. The van der Waals surface area contributed by atoms with Crippen LogP contribution in [0.1, 0.15) is 239 Å². The Morgan fingerprint density at radius 1 is 0.319 bits per heavy atom. The highest BCUT2D eigenvalue weighted by atomic mass is 16.6. The summed E-state index contributed by atoms with van der Waals surface area (Å²) in [5, 5.41) is 0. The van der Waals surface area contributed by atoms with Gasteiger partial charge < -0.3 is 14.2 Å². The zero-order valence-corrected chi connectivity index (χ0v) is 46.6. The Balaban J connectivity index is 4.45. The number of ether oxygens (including phenoxy) is 3. The maximum absolute atomic E-state index is 12.9. The molecule has 0 radical (unpaired) electrons. The molecule has 0 aliphatic carbocycles. The molecule has 5 nitrogen and oxygen atoms in total. The molecular weight excluding hydrogens is 885 g/mol. The van der Waals surface area contributed by atoms with Crippen molar-refractivity contribution in [2.45, 2.75) is 245 Å². The van der Waals surface area contributed by atoms with Gasteiger partial charge in [-0.25, -0.2) is 0 Å². The molecule has 0 aromatic heterocycles. The van der Waals surface area contributed by atoms with E-state index >= 15 is 0 Å². The third kappa shape index (κ3) is 58.4. The lowest BCUT2D eigenvalue weighted by atomic mass is 10.1. The highest BCUT2D eigenvalue weighted by Crippen LogP contribution is 2.13. The highest BCUT2D eigenvalue weighted by molar-refractivity contribution is 5.70. The van der Waals surface area contributed by atoms with Crippen molar-refractivity contribution >= 4 is 11.9 Å². The van der Waals surface area contributed by atoms with Crippen molar-refractivity contribution in [2.24, 2.45) is 0 Å². The molecular formula is C67H108O5. The van der Waals surface area contributed by atoms with Gasteiger partial charge in [0.05, 0.1) is 6.61 Å². The van der Waals surface area contributed by atoms with Gasteiger partial charge in [-0.15, -0.1) is 0 Å². The Morgan fingerprint density at radius 3 is 1.00 bits per heavy atom. The molecule has 1 unspecified atom stereocenters. The second-order valence-electron chi connectivity index (χ2n) is 18.8. The number of carbonyl (C=O) groups is 2. The molecule has 0 fully saturated rings. The Bertz CT molecular complexity index is 1540. The summed E-state index contributed by atoms with van der Waals surface area (Å²) in [6, 6.07) is 0. The Labute approximate surface area is 444 Å². The molecule has 0 saturated carbocycles. The van der Waals surface area contributed by atoms with E-state index in [2.05, 4.69) is 167 Å². The number of rotatable bonds is 52. The molecule has 0 spiro atoms. The van der Waals surface area contributed by atoms with Crippen molar-refractivity contribution < 1.29 is 23.8 Å². The highest BCUT2D eigenvalue weighted by Gasteiger charge is 2.17. The maximum atomic E-state index is 12.9. The molecule has 0 bridgehead atoms. The van der Waals surface area contributed by atoms with E-state index in [0.29, 0.717) is 19.4 Å². The summed E-state index contributed by atoms with van der Waals surface area (Å²) in [5.41, 5.74) is 0. The zero-order chi connectivity index (χ0) is 52.0. The first-order valence-corrected chi connectivity index (χ1v) is 29.4. The Kier molecular flexibility index (Phi) is 57.5. The van der Waals surface area contributed by atoms with Crippen LogP contribution in [-0.2, 0) is 23.8 Å². The van der Waals surface area contributed by atoms with E-state index in [1.54, 1.807) is 0 Å². The summed E-state index contributed by atoms with van der Waals surface area (Å²) in [7, 11) is 0. The van der Waals surface area contributed by atoms with Crippen LogP contribution in [0.3, 0.4) is 0 Å². The molecule has 5 heteroatoms. The van der Waals surface area contributed by atoms with Gasteiger partial charge in [0.2, 0.25) is 0 Å². The molecule has 1 atom stereocenters. The van der Waals surface area contributed by atoms with Gasteiger partial charge in [0.1, 0.15) is 6.61 Å². The molecule has 72 heavy (non-hydrogen) atoms. The Hall–Kier alpha value is -4.22. The van der Waals surface area contributed by atoms with Crippen LogP contribution in [0.2, 0.25) is 0 Å². The van der Waals surface area contributed by atoms with Crippen LogP contribution in [0.5, 0.6) is 0 Å². The van der Waals surface area contributed by atoms with Crippen LogP contribution < -0.4 is 0 Å². The summed E-state index contributed by atoms with van der Waals surface area (Å²) in [4.78, 5) is 25.6. The molecule has 0 saturated heterocycles. The second-order valence-corrected chi connectivity index (χ2v) is 18.8. The summed E-state index contributed by atoms with van der Waals surface area (Å²) in [5.74, 6) is -0.460. The maximum Gasteiger partial charge on any atom is 0.306 e. The lowest BCUT2D eigenvalue weighted by molar-refractivity contribution is -0.163. The number of esters is 2. The van der Waals surface area contributed by atoms with Gasteiger partial charge in [-0.1, -0.05) is 231 Å². The monoisotopic (exact) mass is 993 g/mol. The molecule has 0 aromatic carbocycles. The SMILES string of the molecule is CC/C=C\C/C=C\C/C=C\C/C=C\C/C=C\CCCCOCC(COC(=O)CCCCCCCC/C=C\C/C=C\C/C=C\C/C=C\CC)OC(=O)CCCCCCCC/C=C\C/C=C\C/C=C\CCCCC. The van der Waals surface area contributed by atoms with E-state index in [-0.39, 0.29) is 25.2 Å². The molecule has 0 aliphatic rings. The molecule has 0 aromatic rings. The van der Waals surface area contributed by atoms with Gasteiger partial charge in [0, 0.05) is 19.4 Å². The van der Waals surface area contributed by atoms with Gasteiger partial charge in [-0.3, -0.25) is 9.59 Å². The van der Waals surface area contributed by atoms with Crippen LogP contribution in [0, 0.1) is 0 Å². The fourth-order valence-corrected chi connectivity index (χ4v) is 7.53. The molecule has 0 amide bonds. The van der Waals surface area contributed by atoms with Gasteiger partial charge in [-0.05, 0) is 141 Å². The topological polar surface area (TPSA) is 61.8 Å². The van der Waals surface area contributed by atoms with Gasteiger partial charge in [0.15, 0.2) is 6.10 Å². The summed E-state index contributed by atoms with van der Waals surface area (Å²) < 4.78 is 17.4. The van der Waals surface area contributed by atoms with E-state index in [9.17, 15) is 9.59 Å². The molecule has 406 valence electrons. The minimum Gasteiger partial charge on any atom is -0.462 e. The number of hydrogen-bond donors (Lipinski definition) is 0. The van der Waals surface area contributed by atoms with Crippen molar-refractivity contribution in [3.05, 3.63) is 146 Å². The number of unbranched alkanes of at least 4 members (excludes halogenated alkanes) is 17. The first-order valence-electron chi connectivity index (χ1n) is 29.4. The van der Waals surface area contributed by atoms with Crippen LogP contribution in [-0.4, -0.2) is 37.9 Å². The standard InChI is InChI=1S/C67H108O5/c1-4-7-10-13-16-19-22-25-28-31-34-36-39-42-45-48-51-54-57-60-66(68)71-64-65(63-70-62-59-56-53-50-47-44-41-38-33-30-27-24-21-18-15-12-9-6-3)72-67(69)61-58-55-52-49-46-43-40-37-35-32-29-26-23-20-17-14-11-8-5-2/h7,9-10,12,16-21,25-30,34-38,41,47,50,65H,4-6,8,11,13-15,22-24,31-33,39-40,42-46,48-49,51-64H2,1-3H3/b10-7-,12-9-,19-16-,20-17-,21-18-,28-25-,29-26-,30-27-,36-34-,37-35-,41-38-,50-47-. The van der Waals surface area contributed by atoms with Crippen molar-refractivity contribution in [3.8, 4) is 0 Å². The second kappa shape index (κ2) is 61.1. The van der Waals surface area contributed by atoms with E-state index < -0.39 is 6.10 Å². The van der Waals surface area contributed by atoms with Gasteiger partial charge >= 0.3 is 11.9 Å². The third-order valence-electron chi connectivity index (χ3n) is 11.8. The molecule has 0 heterocycles. The first-order chi connectivity index (χ1) is 35.6. The van der Waals surface area contributed by atoms with Crippen molar-refractivity contribution in [2.75, 3.05) is 19.8 Å². The lowest BCUT2D eigenvalue weighted by Gasteiger charge is -2.18. The average Bonchev–Trinajstić information content (AvgIpc) is 3.38. The smallest absolute Gasteiger partial charge is 0.306 e. The van der Waals surface area contributed by atoms with Crippen molar-refractivity contribution in [3.63, 3.8) is 0 Å². The zero-order valence-electron chi connectivity index (χ0n) is 46.6. The van der Waals surface area contributed by atoms with Crippen LogP contribution in [0.4, 0.5) is 0 Å². The van der Waals surface area contributed by atoms with Crippen LogP contribution in [0.15, 0.2) is 146 Å². The largest absolute Gasteiger partial charge is 0.462 e. The summed E-state index contributed by atoms with van der Waals surface area (Å²) >= 11 is 0. The molecule has 0 N–H and O–H groups in total. The average molecular weight is 994 g/mol. The quantitative estimate of drug-likeness (QED) is 0.0345. The van der Waals surface area contributed by atoms with E-state index in [4.69, 9.17) is 14.2 Å². The normalized spacial score (nSPS) is 13.3. The van der Waals surface area contributed by atoms with Crippen molar-refractivity contribution in [1.82, 2.24) is 0 Å². The lowest BCUT2D eigenvalue weighted by Crippen LogP contribution is -2.30.